The van der Waals surface area contributed by atoms with Gasteiger partial charge in [-0.05, 0) is 51.3 Å². The second-order valence-electron chi connectivity index (χ2n) is 8.01. The number of nitrogens with zero attached hydrogens (tertiary/aromatic N) is 2. The molecule has 0 aromatic heterocycles. The molecule has 0 radical (unpaired) electrons. The molecule has 1 aromatic rings. The summed E-state index contributed by atoms with van der Waals surface area (Å²) in [5.41, 5.74) is 1.09. The molecule has 1 atom stereocenters. The van der Waals surface area contributed by atoms with E-state index >= 15 is 0 Å². The highest BCUT2D eigenvalue weighted by molar-refractivity contribution is 6.01. The fraction of sp³-hybridized carbons (Fsp3) is 0.455. The quantitative estimate of drug-likeness (QED) is 0.807. The van der Waals surface area contributed by atoms with Gasteiger partial charge in [0, 0.05) is 36.8 Å². The Kier molecular flexibility index (Phi) is 4.54. The maximum Gasteiger partial charge on any atom is 0.254 e. The number of para-hydroxylation sites is 1. The van der Waals surface area contributed by atoms with E-state index in [4.69, 9.17) is 4.74 Å². The number of carbonyl (C=O) groups is 2. The minimum Gasteiger partial charge on any atom is -0.464 e. The van der Waals surface area contributed by atoms with Crippen LogP contribution in [0.15, 0.2) is 42.2 Å². The number of likely N-dealkylation sites (tertiary alicyclic amines) is 2. The molecular formula is C22H26N2O3. The highest BCUT2D eigenvalue weighted by Crippen LogP contribution is 2.41. The van der Waals surface area contributed by atoms with Crippen LogP contribution in [0.3, 0.4) is 0 Å². The summed E-state index contributed by atoms with van der Waals surface area (Å²) in [7, 11) is 0. The zero-order valence-corrected chi connectivity index (χ0v) is 16.0. The van der Waals surface area contributed by atoms with Crippen LogP contribution in [0.2, 0.25) is 0 Å². The number of amides is 2. The summed E-state index contributed by atoms with van der Waals surface area (Å²) >= 11 is 0. The number of carbonyl (C=O) groups excluding carboxylic acids is 2. The lowest BCUT2D eigenvalue weighted by Crippen LogP contribution is -2.52. The minimum absolute atomic E-state index is 0.0297. The molecule has 5 heteroatoms. The fourth-order valence-electron chi connectivity index (χ4n) is 4.44. The first-order valence-corrected chi connectivity index (χ1v) is 9.74. The van der Waals surface area contributed by atoms with Gasteiger partial charge < -0.3 is 14.5 Å². The number of rotatable bonds is 2. The summed E-state index contributed by atoms with van der Waals surface area (Å²) in [5, 5.41) is 0. The number of fused-ring (bicyclic) bond motifs is 1. The molecule has 0 saturated carbocycles. The lowest BCUT2D eigenvalue weighted by molar-refractivity contribution is -0.147. The van der Waals surface area contributed by atoms with Gasteiger partial charge in [-0.2, -0.15) is 0 Å². The van der Waals surface area contributed by atoms with Crippen LogP contribution in [0.5, 0.6) is 5.75 Å². The summed E-state index contributed by atoms with van der Waals surface area (Å²) in [4.78, 5) is 30.0. The molecule has 3 aliphatic rings. The predicted octanol–water partition coefficient (Wildman–Crippen LogP) is 3.23. The first-order valence-electron chi connectivity index (χ1n) is 9.74. The van der Waals surface area contributed by atoms with Gasteiger partial charge in [0.1, 0.15) is 5.75 Å². The monoisotopic (exact) mass is 366 g/mol. The van der Waals surface area contributed by atoms with Gasteiger partial charge in [0.25, 0.3) is 5.91 Å². The van der Waals surface area contributed by atoms with Crippen molar-refractivity contribution in [2.75, 3.05) is 19.6 Å². The van der Waals surface area contributed by atoms with Crippen LogP contribution in [0.25, 0.3) is 6.08 Å². The summed E-state index contributed by atoms with van der Waals surface area (Å²) < 4.78 is 5.59. The van der Waals surface area contributed by atoms with Crippen LogP contribution in [0, 0.1) is 5.41 Å². The first-order chi connectivity index (χ1) is 13.0. The van der Waals surface area contributed by atoms with Crippen molar-refractivity contribution >= 4 is 17.9 Å². The maximum atomic E-state index is 13.1. The Morgan fingerprint density at radius 3 is 2.81 bits per heavy atom. The van der Waals surface area contributed by atoms with E-state index in [-0.39, 0.29) is 17.9 Å². The van der Waals surface area contributed by atoms with Gasteiger partial charge in [0.15, 0.2) is 0 Å². The van der Waals surface area contributed by atoms with E-state index in [1.807, 2.05) is 40.1 Å². The summed E-state index contributed by atoms with van der Waals surface area (Å²) in [6, 6.07) is 7.87. The predicted molar refractivity (Wildman–Crippen MR) is 104 cm³/mol. The molecule has 1 aromatic carbocycles. The zero-order chi connectivity index (χ0) is 19.0. The second-order valence-corrected chi connectivity index (χ2v) is 8.01. The summed E-state index contributed by atoms with van der Waals surface area (Å²) in [6.45, 7) is 6.10. The highest BCUT2D eigenvalue weighted by Gasteiger charge is 2.49. The average molecular weight is 366 g/mol. The second kappa shape index (κ2) is 6.87. The molecule has 0 unspecified atom stereocenters. The van der Waals surface area contributed by atoms with Crippen molar-refractivity contribution < 1.29 is 14.3 Å². The van der Waals surface area contributed by atoms with E-state index in [0.717, 1.165) is 37.1 Å². The lowest BCUT2D eigenvalue weighted by Gasteiger charge is -2.41. The molecule has 2 amide bonds. The Balaban J connectivity index is 1.55. The van der Waals surface area contributed by atoms with E-state index in [2.05, 4.69) is 13.8 Å². The van der Waals surface area contributed by atoms with Gasteiger partial charge in [-0.25, -0.2) is 0 Å². The van der Waals surface area contributed by atoms with Crippen LogP contribution < -0.4 is 4.74 Å². The number of hydrogen-bond acceptors (Lipinski definition) is 3. The normalized spacial score (nSPS) is 24.7. The number of benzene rings is 1. The van der Waals surface area contributed by atoms with Crippen molar-refractivity contribution in [2.24, 2.45) is 5.41 Å². The third kappa shape index (κ3) is 3.15. The average Bonchev–Trinajstić information content (AvgIpc) is 2.96. The first kappa shape index (κ1) is 17.8. The molecule has 0 aliphatic carbocycles. The largest absolute Gasteiger partial charge is 0.464 e. The minimum atomic E-state index is -0.401. The van der Waals surface area contributed by atoms with E-state index in [9.17, 15) is 9.59 Å². The van der Waals surface area contributed by atoms with Crippen molar-refractivity contribution in [1.29, 1.82) is 0 Å². The molecular weight excluding hydrogens is 340 g/mol. The van der Waals surface area contributed by atoms with E-state index in [0.29, 0.717) is 18.7 Å². The van der Waals surface area contributed by atoms with Gasteiger partial charge in [-0.3, -0.25) is 9.59 Å². The standard InChI is InChI=1S/C22H26N2O3/c1-16(2)24-11-5-9-22(21(24)26)10-12-23(15-22)20(25)18-8-13-27-19-7-4-3-6-17(19)14-18/h3-4,6-8,13-14,16H,5,9-12,15H2,1-2H3/t22-/m0/s1. The molecule has 0 bridgehead atoms. The number of hydrogen-bond donors (Lipinski definition) is 0. The number of piperidine rings is 1. The van der Waals surface area contributed by atoms with E-state index in [1.165, 1.54) is 0 Å². The van der Waals surface area contributed by atoms with Gasteiger partial charge >= 0.3 is 0 Å². The SMILES string of the molecule is CC(C)N1CCC[C@@]2(CCN(C(=O)C3=Cc4ccccc4OC=C3)C2)C1=O. The molecule has 142 valence electrons. The Morgan fingerprint density at radius 1 is 1.19 bits per heavy atom. The maximum absolute atomic E-state index is 13.1. The van der Waals surface area contributed by atoms with Crippen molar-refractivity contribution in [3.05, 3.63) is 47.7 Å². The van der Waals surface area contributed by atoms with Crippen LogP contribution in [-0.2, 0) is 9.59 Å². The molecule has 5 nitrogen and oxygen atoms in total. The molecule has 2 fully saturated rings. The van der Waals surface area contributed by atoms with E-state index in [1.54, 1.807) is 12.3 Å². The Morgan fingerprint density at radius 2 is 2.00 bits per heavy atom. The van der Waals surface area contributed by atoms with Crippen molar-refractivity contribution in [3.8, 4) is 5.75 Å². The fourth-order valence-corrected chi connectivity index (χ4v) is 4.44. The molecule has 0 N–H and O–H groups in total. The Hall–Kier alpha value is -2.56. The topological polar surface area (TPSA) is 49.9 Å². The van der Waals surface area contributed by atoms with E-state index < -0.39 is 5.41 Å². The Labute approximate surface area is 160 Å². The third-order valence-corrected chi connectivity index (χ3v) is 5.95. The van der Waals surface area contributed by atoms with Gasteiger partial charge in [0.2, 0.25) is 5.91 Å². The molecule has 3 aliphatic heterocycles. The molecule has 27 heavy (non-hydrogen) atoms. The molecule has 1 spiro atoms. The van der Waals surface area contributed by atoms with Crippen molar-refractivity contribution in [1.82, 2.24) is 9.80 Å². The van der Waals surface area contributed by atoms with Gasteiger partial charge in [0.05, 0.1) is 11.7 Å². The molecule has 3 heterocycles. The summed E-state index contributed by atoms with van der Waals surface area (Å²) in [5.74, 6) is 0.931. The zero-order valence-electron chi connectivity index (χ0n) is 16.0. The van der Waals surface area contributed by atoms with Crippen molar-refractivity contribution in [2.45, 2.75) is 39.2 Å². The van der Waals surface area contributed by atoms with Crippen LogP contribution in [0.1, 0.15) is 38.7 Å². The Bertz CT molecular complexity index is 827. The highest BCUT2D eigenvalue weighted by atomic mass is 16.5. The lowest BCUT2D eigenvalue weighted by atomic mass is 9.78. The smallest absolute Gasteiger partial charge is 0.254 e. The third-order valence-electron chi connectivity index (χ3n) is 5.95. The van der Waals surface area contributed by atoms with Gasteiger partial charge in [-0.1, -0.05) is 18.2 Å². The molecule has 2 saturated heterocycles. The van der Waals surface area contributed by atoms with Crippen LogP contribution in [-0.4, -0.2) is 47.3 Å². The van der Waals surface area contributed by atoms with Crippen LogP contribution >= 0.6 is 0 Å². The summed E-state index contributed by atoms with van der Waals surface area (Å²) in [6.07, 6.45) is 7.79. The van der Waals surface area contributed by atoms with Gasteiger partial charge in [-0.15, -0.1) is 0 Å². The van der Waals surface area contributed by atoms with Crippen LogP contribution in [0.4, 0.5) is 0 Å². The van der Waals surface area contributed by atoms with Crippen molar-refractivity contribution in [3.63, 3.8) is 0 Å². The number of ether oxygens (including phenoxy) is 1. The molecule has 4 rings (SSSR count).